The number of benzene rings is 1. The molecule has 0 saturated heterocycles. The van der Waals surface area contributed by atoms with Gasteiger partial charge in [0.25, 0.3) is 5.91 Å². The largest absolute Gasteiger partial charge is 0.318 e. The molecule has 106 valence electrons. The lowest BCUT2D eigenvalue weighted by atomic mass is 10.2. The first-order valence-electron chi connectivity index (χ1n) is 5.72. The molecule has 6 nitrogen and oxygen atoms in total. The number of halogens is 2. The summed E-state index contributed by atoms with van der Waals surface area (Å²) in [5.74, 6) is -0.400. The molecule has 9 heteroatoms. The van der Waals surface area contributed by atoms with Crippen LogP contribution in [0.4, 0.5) is 5.69 Å². The normalized spacial score (nSPS) is 10.6. The lowest BCUT2D eigenvalue weighted by Crippen LogP contribution is -2.13. The van der Waals surface area contributed by atoms with Crippen LogP contribution in [0.2, 0.25) is 9.49 Å². The van der Waals surface area contributed by atoms with Crippen molar-refractivity contribution in [3.05, 3.63) is 51.4 Å². The molecule has 2 aromatic heterocycles. The Morgan fingerprint density at radius 2 is 2.14 bits per heavy atom. The minimum absolute atomic E-state index is 0.177. The van der Waals surface area contributed by atoms with Crippen LogP contribution in [0.3, 0.4) is 0 Å². The Labute approximate surface area is 133 Å². The molecule has 0 aliphatic heterocycles. The van der Waals surface area contributed by atoms with E-state index in [-0.39, 0.29) is 9.47 Å². The number of rotatable bonds is 3. The van der Waals surface area contributed by atoms with Gasteiger partial charge in [-0.1, -0.05) is 29.0 Å². The lowest BCUT2D eigenvalue weighted by molar-refractivity contribution is 0.102. The SMILES string of the molecule is O=C(Nc1cccc(Cl)c1-n1ccnc1)c1nnc(Cl)s1. The van der Waals surface area contributed by atoms with Crippen molar-refractivity contribution >= 4 is 46.1 Å². The van der Waals surface area contributed by atoms with Gasteiger partial charge in [-0.2, -0.15) is 0 Å². The van der Waals surface area contributed by atoms with Gasteiger partial charge in [0, 0.05) is 12.4 Å². The number of amides is 1. The number of hydrogen-bond donors (Lipinski definition) is 1. The van der Waals surface area contributed by atoms with Crippen molar-refractivity contribution in [1.82, 2.24) is 19.7 Å². The maximum atomic E-state index is 12.1. The van der Waals surface area contributed by atoms with Gasteiger partial charge < -0.3 is 9.88 Å². The Hall–Kier alpha value is -1.96. The number of anilines is 1. The van der Waals surface area contributed by atoms with E-state index in [9.17, 15) is 4.79 Å². The highest BCUT2D eigenvalue weighted by atomic mass is 35.5. The third kappa shape index (κ3) is 2.90. The molecule has 0 spiro atoms. The maximum Gasteiger partial charge on any atom is 0.286 e. The van der Waals surface area contributed by atoms with Gasteiger partial charge in [0.05, 0.1) is 22.7 Å². The molecular weight excluding hydrogens is 333 g/mol. The molecule has 0 atom stereocenters. The number of imidazole rings is 1. The second kappa shape index (κ2) is 5.80. The molecule has 0 aliphatic carbocycles. The van der Waals surface area contributed by atoms with Crippen LogP contribution in [0.15, 0.2) is 36.9 Å². The van der Waals surface area contributed by atoms with Crippen molar-refractivity contribution in [3.8, 4) is 5.69 Å². The minimum Gasteiger partial charge on any atom is -0.318 e. The van der Waals surface area contributed by atoms with E-state index in [1.54, 1.807) is 41.5 Å². The summed E-state index contributed by atoms with van der Waals surface area (Å²) in [6.07, 6.45) is 4.96. The second-order valence-corrected chi connectivity index (χ2v) is 5.89. The molecule has 1 aromatic carbocycles. The predicted molar refractivity (Wildman–Crippen MR) is 81.4 cm³/mol. The number of nitrogens with zero attached hydrogens (tertiary/aromatic N) is 4. The van der Waals surface area contributed by atoms with Crippen LogP contribution in [0.5, 0.6) is 0 Å². The molecule has 1 amide bonds. The highest BCUT2D eigenvalue weighted by Gasteiger charge is 2.16. The predicted octanol–water partition coefficient (Wildman–Crippen LogP) is 3.28. The van der Waals surface area contributed by atoms with Crippen LogP contribution in [-0.2, 0) is 0 Å². The molecule has 3 aromatic rings. The number of nitrogens with one attached hydrogen (secondary N) is 1. The van der Waals surface area contributed by atoms with Gasteiger partial charge in [0.1, 0.15) is 0 Å². The van der Waals surface area contributed by atoms with Crippen molar-refractivity contribution < 1.29 is 4.79 Å². The fraction of sp³-hybridized carbons (Fsp3) is 0. The van der Waals surface area contributed by atoms with E-state index >= 15 is 0 Å². The fourth-order valence-corrected chi connectivity index (χ4v) is 2.74. The first-order valence-corrected chi connectivity index (χ1v) is 7.29. The maximum absolute atomic E-state index is 12.1. The number of aromatic nitrogens is 4. The summed E-state index contributed by atoms with van der Waals surface area (Å²) in [4.78, 5) is 16.1. The zero-order valence-corrected chi connectivity index (χ0v) is 12.7. The van der Waals surface area contributed by atoms with Crippen LogP contribution >= 0.6 is 34.5 Å². The van der Waals surface area contributed by atoms with Gasteiger partial charge in [-0.15, -0.1) is 10.2 Å². The Bertz CT molecular complexity index is 787. The molecule has 0 fully saturated rings. The average molecular weight is 340 g/mol. The fourth-order valence-electron chi connectivity index (χ4n) is 1.74. The quantitative estimate of drug-likeness (QED) is 0.794. The van der Waals surface area contributed by atoms with Crippen molar-refractivity contribution in [2.24, 2.45) is 0 Å². The summed E-state index contributed by atoms with van der Waals surface area (Å²) >= 11 is 12.9. The highest BCUT2D eigenvalue weighted by molar-refractivity contribution is 7.17. The lowest BCUT2D eigenvalue weighted by Gasteiger charge is -2.12. The third-order valence-electron chi connectivity index (χ3n) is 2.59. The second-order valence-electron chi connectivity index (χ2n) is 3.92. The molecule has 0 radical (unpaired) electrons. The van der Waals surface area contributed by atoms with Crippen LogP contribution in [0.25, 0.3) is 5.69 Å². The smallest absolute Gasteiger partial charge is 0.286 e. The van der Waals surface area contributed by atoms with Crippen LogP contribution in [0.1, 0.15) is 9.80 Å². The molecule has 0 bridgehead atoms. The zero-order chi connectivity index (χ0) is 14.8. The van der Waals surface area contributed by atoms with Crippen LogP contribution < -0.4 is 5.32 Å². The van der Waals surface area contributed by atoms with Crippen LogP contribution in [0, 0.1) is 0 Å². The number of hydrogen-bond acceptors (Lipinski definition) is 5. The third-order valence-corrected chi connectivity index (χ3v) is 3.91. The van der Waals surface area contributed by atoms with Crippen LogP contribution in [-0.4, -0.2) is 25.7 Å². The summed E-state index contributed by atoms with van der Waals surface area (Å²) in [6.45, 7) is 0. The van der Waals surface area contributed by atoms with E-state index in [2.05, 4.69) is 20.5 Å². The molecule has 0 saturated carbocycles. The molecule has 0 unspecified atom stereocenters. The summed E-state index contributed by atoms with van der Waals surface area (Å²) in [6, 6.07) is 5.21. The van der Waals surface area contributed by atoms with Gasteiger partial charge in [0.2, 0.25) is 9.47 Å². The molecule has 21 heavy (non-hydrogen) atoms. The van der Waals surface area contributed by atoms with Gasteiger partial charge in [-0.05, 0) is 23.7 Å². The molecule has 2 heterocycles. The Balaban J connectivity index is 1.96. The van der Waals surface area contributed by atoms with E-state index in [0.29, 0.717) is 16.4 Å². The van der Waals surface area contributed by atoms with Gasteiger partial charge in [-0.25, -0.2) is 4.98 Å². The summed E-state index contributed by atoms with van der Waals surface area (Å²) in [5, 5.41) is 10.7. The van der Waals surface area contributed by atoms with Crippen molar-refractivity contribution in [1.29, 1.82) is 0 Å². The first kappa shape index (κ1) is 14.0. The summed E-state index contributed by atoms with van der Waals surface area (Å²) < 4.78 is 1.92. The van der Waals surface area contributed by atoms with E-state index < -0.39 is 5.91 Å². The van der Waals surface area contributed by atoms with Gasteiger partial charge >= 0.3 is 0 Å². The summed E-state index contributed by atoms with van der Waals surface area (Å²) in [5.41, 5.74) is 1.16. The molecule has 3 rings (SSSR count). The van der Waals surface area contributed by atoms with E-state index in [1.165, 1.54) is 0 Å². The standard InChI is InChI=1S/C12H7Cl2N5OS/c13-7-2-1-3-8(9(7)19-5-4-15-6-19)16-10(20)11-17-18-12(14)21-11/h1-6H,(H,16,20). The Morgan fingerprint density at radius 1 is 1.29 bits per heavy atom. The van der Waals surface area contributed by atoms with Gasteiger partial charge in [-0.3, -0.25) is 4.79 Å². The van der Waals surface area contributed by atoms with E-state index in [1.807, 2.05) is 0 Å². The molecular formula is C12H7Cl2N5OS. The van der Waals surface area contributed by atoms with E-state index in [4.69, 9.17) is 23.2 Å². The van der Waals surface area contributed by atoms with Crippen molar-refractivity contribution in [3.63, 3.8) is 0 Å². The van der Waals surface area contributed by atoms with E-state index in [0.717, 1.165) is 11.3 Å². The molecule has 0 aliphatic rings. The van der Waals surface area contributed by atoms with Gasteiger partial charge in [0.15, 0.2) is 0 Å². The zero-order valence-electron chi connectivity index (χ0n) is 10.3. The highest BCUT2D eigenvalue weighted by Crippen LogP contribution is 2.29. The van der Waals surface area contributed by atoms with Crippen molar-refractivity contribution in [2.45, 2.75) is 0 Å². The number of carbonyl (C=O) groups excluding carboxylic acids is 1. The number of carbonyl (C=O) groups is 1. The summed E-state index contributed by atoms with van der Waals surface area (Å²) in [7, 11) is 0. The first-order chi connectivity index (χ1) is 10.1. The average Bonchev–Trinajstić information content (AvgIpc) is 3.10. The Morgan fingerprint density at radius 3 is 2.81 bits per heavy atom. The topological polar surface area (TPSA) is 72.7 Å². The number of para-hydroxylation sites is 1. The van der Waals surface area contributed by atoms with Crippen molar-refractivity contribution in [2.75, 3.05) is 5.32 Å². The Kier molecular flexibility index (Phi) is 3.87. The molecule has 1 N–H and O–H groups in total. The minimum atomic E-state index is -0.400. The monoisotopic (exact) mass is 339 g/mol.